The van der Waals surface area contributed by atoms with Crippen molar-refractivity contribution in [2.24, 2.45) is 5.73 Å². The number of nitrogens with two attached hydrogens (primary N) is 2. The fraction of sp³-hybridized carbons (Fsp3) is 0.333. The summed E-state index contributed by atoms with van der Waals surface area (Å²) >= 11 is 0. The topological polar surface area (TPSA) is 70.5 Å². The highest BCUT2D eigenvalue weighted by Crippen LogP contribution is 2.41. The highest BCUT2D eigenvalue weighted by Gasteiger charge is 2.26. The normalized spacial score (nSPS) is 19.4. The summed E-state index contributed by atoms with van der Waals surface area (Å²) in [6, 6.07) is 3.44. The SMILES string of the molecule is COc1ccc(N)c2c1[C@H](N)CO2. The minimum absolute atomic E-state index is 0.131. The van der Waals surface area contributed by atoms with Crippen LogP contribution in [-0.2, 0) is 0 Å². The molecule has 1 aromatic rings. The number of methoxy groups -OCH3 is 1. The Kier molecular flexibility index (Phi) is 1.77. The average Bonchev–Trinajstić information content (AvgIpc) is 2.51. The van der Waals surface area contributed by atoms with E-state index in [-0.39, 0.29) is 6.04 Å². The molecule has 1 heterocycles. The fourth-order valence-corrected chi connectivity index (χ4v) is 1.54. The maximum atomic E-state index is 5.83. The van der Waals surface area contributed by atoms with Gasteiger partial charge in [-0.25, -0.2) is 0 Å². The molecule has 1 aromatic carbocycles. The van der Waals surface area contributed by atoms with Gasteiger partial charge in [-0.3, -0.25) is 0 Å². The number of ether oxygens (including phenoxy) is 2. The second-order valence-electron chi connectivity index (χ2n) is 3.02. The van der Waals surface area contributed by atoms with Crippen LogP contribution in [0.3, 0.4) is 0 Å². The van der Waals surface area contributed by atoms with Gasteiger partial charge in [0.2, 0.25) is 0 Å². The van der Waals surface area contributed by atoms with Gasteiger partial charge in [0, 0.05) is 0 Å². The Bertz CT molecular complexity index is 339. The average molecular weight is 180 g/mol. The van der Waals surface area contributed by atoms with Crippen LogP contribution in [0, 0.1) is 0 Å². The van der Waals surface area contributed by atoms with E-state index in [1.165, 1.54) is 0 Å². The Hall–Kier alpha value is -1.42. The summed E-state index contributed by atoms with van der Waals surface area (Å²) in [5.74, 6) is 1.42. The number of nitrogen functional groups attached to an aromatic ring is 1. The Balaban J connectivity index is 2.60. The van der Waals surface area contributed by atoms with E-state index in [2.05, 4.69) is 0 Å². The van der Waals surface area contributed by atoms with Gasteiger partial charge in [-0.2, -0.15) is 0 Å². The van der Waals surface area contributed by atoms with Crippen molar-refractivity contribution in [3.8, 4) is 11.5 Å². The molecule has 4 heteroatoms. The van der Waals surface area contributed by atoms with Crippen molar-refractivity contribution < 1.29 is 9.47 Å². The molecule has 0 spiro atoms. The Labute approximate surface area is 76.4 Å². The first kappa shape index (κ1) is 8.19. The number of anilines is 1. The molecule has 0 bridgehead atoms. The van der Waals surface area contributed by atoms with Crippen LogP contribution < -0.4 is 20.9 Å². The van der Waals surface area contributed by atoms with Crippen LogP contribution in [0.1, 0.15) is 11.6 Å². The molecule has 0 radical (unpaired) electrons. The van der Waals surface area contributed by atoms with Gasteiger partial charge in [0.05, 0.1) is 24.4 Å². The smallest absolute Gasteiger partial charge is 0.150 e. The number of benzene rings is 1. The molecule has 0 unspecified atom stereocenters. The molecular formula is C9H12N2O2. The van der Waals surface area contributed by atoms with Gasteiger partial charge in [0.25, 0.3) is 0 Å². The molecule has 4 N–H and O–H groups in total. The van der Waals surface area contributed by atoms with Crippen LogP contribution in [0.2, 0.25) is 0 Å². The molecule has 0 saturated carbocycles. The predicted octanol–water partition coefficient (Wildman–Crippen LogP) is 0.670. The van der Waals surface area contributed by atoms with Crippen LogP contribution in [0.25, 0.3) is 0 Å². The summed E-state index contributed by atoms with van der Waals surface area (Å²) in [5.41, 5.74) is 13.0. The largest absolute Gasteiger partial charge is 0.496 e. The molecule has 1 aliphatic rings. The van der Waals surface area contributed by atoms with Crippen LogP contribution in [-0.4, -0.2) is 13.7 Å². The lowest BCUT2D eigenvalue weighted by Crippen LogP contribution is -2.11. The van der Waals surface area contributed by atoms with Gasteiger partial charge < -0.3 is 20.9 Å². The highest BCUT2D eigenvalue weighted by atomic mass is 16.5. The van der Waals surface area contributed by atoms with Crippen LogP contribution in [0.5, 0.6) is 11.5 Å². The first-order chi connectivity index (χ1) is 6.24. The molecule has 0 saturated heterocycles. The van der Waals surface area contributed by atoms with E-state index in [0.29, 0.717) is 18.0 Å². The zero-order valence-corrected chi connectivity index (χ0v) is 7.41. The van der Waals surface area contributed by atoms with E-state index >= 15 is 0 Å². The van der Waals surface area contributed by atoms with E-state index in [1.807, 2.05) is 6.07 Å². The summed E-state index contributed by atoms with van der Waals surface area (Å²) in [6.07, 6.45) is 0. The Morgan fingerprint density at radius 2 is 2.31 bits per heavy atom. The van der Waals surface area contributed by atoms with Crippen LogP contribution in [0.15, 0.2) is 12.1 Å². The third-order valence-electron chi connectivity index (χ3n) is 2.18. The van der Waals surface area contributed by atoms with E-state index in [9.17, 15) is 0 Å². The fourth-order valence-electron chi connectivity index (χ4n) is 1.54. The molecular weight excluding hydrogens is 168 g/mol. The summed E-state index contributed by atoms with van der Waals surface area (Å²) in [7, 11) is 1.61. The van der Waals surface area contributed by atoms with E-state index in [4.69, 9.17) is 20.9 Å². The quantitative estimate of drug-likeness (QED) is 0.623. The number of hydrogen-bond acceptors (Lipinski definition) is 4. The van der Waals surface area contributed by atoms with Crippen molar-refractivity contribution >= 4 is 5.69 Å². The second kappa shape index (κ2) is 2.81. The maximum Gasteiger partial charge on any atom is 0.150 e. The van der Waals surface area contributed by atoms with Crippen molar-refractivity contribution in [2.75, 3.05) is 19.5 Å². The zero-order valence-electron chi connectivity index (χ0n) is 7.41. The molecule has 1 aliphatic heterocycles. The number of fused-ring (bicyclic) bond motifs is 1. The maximum absolute atomic E-state index is 5.83. The first-order valence-corrected chi connectivity index (χ1v) is 4.08. The first-order valence-electron chi connectivity index (χ1n) is 4.08. The van der Waals surface area contributed by atoms with Crippen molar-refractivity contribution in [2.45, 2.75) is 6.04 Å². The number of rotatable bonds is 1. The van der Waals surface area contributed by atoms with Crippen LogP contribution in [0.4, 0.5) is 5.69 Å². The molecule has 0 fully saturated rings. The molecule has 0 aliphatic carbocycles. The van der Waals surface area contributed by atoms with Crippen LogP contribution >= 0.6 is 0 Å². The third kappa shape index (κ3) is 1.10. The second-order valence-corrected chi connectivity index (χ2v) is 3.02. The van der Waals surface area contributed by atoms with Crippen molar-refractivity contribution in [1.82, 2.24) is 0 Å². The molecule has 1 atom stereocenters. The lowest BCUT2D eigenvalue weighted by atomic mass is 10.1. The molecule has 4 nitrogen and oxygen atoms in total. The van der Waals surface area contributed by atoms with Crippen molar-refractivity contribution in [1.29, 1.82) is 0 Å². The lowest BCUT2D eigenvalue weighted by molar-refractivity contribution is 0.334. The summed E-state index contributed by atoms with van der Waals surface area (Å²) in [5, 5.41) is 0. The minimum Gasteiger partial charge on any atom is -0.496 e. The molecule has 2 rings (SSSR count). The van der Waals surface area contributed by atoms with Crippen molar-refractivity contribution in [3.63, 3.8) is 0 Å². The Morgan fingerprint density at radius 3 is 3.00 bits per heavy atom. The van der Waals surface area contributed by atoms with Gasteiger partial charge in [-0.15, -0.1) is 0 Å². The lowest BCUT2D eigenvalue weighted by Gasteiger charge is -2.09. The Morgan fingerprint density at radius 1 is 1.54 bits per heavy atom. The summed E-state index contributed by atoms with van der Waals surface area (Å²) in [4.78, 5) is 0. The van der Waals surface area contributed by atoms with Gasteiger partial charge in [-0.1, -0.05) is 0 Å². The van der Waals surface area contributed by atoms with E-state index < -0.39 is 0 Å². The molecule has 0 aromatic heterocycles. The third-order valence-corrected chi connectivity index (χ3v) is 2.18. The minimum atomic E-state index is -0.131. The van der Waals surface area contributed by atoms with Gasteiger partial charge in [0.1, 0.15) is 12.4 Å². The monoisotopic (exact) mass is 180 g/mol. The molecule has 0 amide bonds. The number of hydrogen-bond donors (Lipinski definition) is 2. The van der Waals surface area contributed by atoms with Gasteiger partial charge >= 0.3 is 0 Å². The predicted molar refractivity (Wildman–Crippen MR) is 49.8 cm³/mol. The zero-order chi connectivity index (χ0) is 9.42. The van der Waals surface area contributed by atoms with Gasteiger partial charge in [0.15, 0.2) is 5.75 Å². The summed E-state index contributed by atoms with van der Waals surface area (Å²) in [6.45, 7) is 0.472. The highest BCUT2D eigenvalue weighted by molar-refractivity contribution is 5.64. The van der Waals surface area contributed by atoms with Crippen molar-refractivity contribution in [3.05, 3.63) is 17.7 Å². The van der Waals surface area contributed by atoms with E-state index in [0.717, 1.165) is 11.3 Å². The molecule has 13 heavy (non-hydrogen) atoms. The molecule has 70 valence electrons. The standard InChI is InChI=1S/C9H12N2O2/c1-12-7-3-2-5(10)9-8(7)6(11)4-13-9/h2-3,6H,4,10-11H2,1H3/t6-/m1/s1. The van der Waals surface area contributed by atoms with E-state index in [1.54, 1.807) is 13.2 Å². The van der Waals surface area contributed by atoms with Gasteiger partial charge in [-0.05, 0) is 12.1 Å². The summed E-state index contributed by atoms with van der Waals surface area (Å²) < 4.78 is 10.5.